The Morgan fingerprint density at radius 2 is 1.90 bits per heavy atom. The highest BCUT2D eigenvalue weighted by atomic mass is 35.5. The summed E-state index contributed by atoms with van der Waals surface area (Å²) in [6.45, 7) is 1.99. The number of rotatable bonds is 3. The molecule has 1 N–H and O–H groups in total. The lowest BCUT2D eigenvalue weighted by molar-refractivity contribution is 0.448. The van der Waals surface area contributed by atoms with Crippen LogP contribution in [0.15, 0.2) is 41.4 Å². The average molecular weight is 323 g/mol. The van der Waals surface area contributed by atoms with Crippen LogP contribution < -0.4 is 5.32 Å². The van der Waals surface area contributed by atoms with Gasteiger partial charge in [0.1, 0.15) is 5.15 Å². The van der Waals surface area contributed by atoms with E-state index >= 15 is 0 Å². The molecule has 1 saturated heterocycles. The second-order valence-corrected chi connectivity index (χ2v) is 7.62. The number of aromatic nitrogens is 1. The second-order valence-electron chi connectivity index (χ2n) is 5.25. The third kappa shape index (κ3) is 2.95. The Balaban J connectivity index is 2.04. The molecule has 0 atom stereocenters. The van der Waals surface area contributed by atoms with Crippen LogP contribution >= 0.6 is 11.6 Å². The maximum Gasteiger partial charge on any atom is 0.176 e. The maximum atomic E-state index is 11.9. The van der Waals surface area contributed by atoms with Gasteiger partial charge in [-0.05, 0) is 17.2 Å². The van der Waals surface area contributed by atoms with E-state index in [-0.39, 0.29) is 10.0 Å². The van der Waals surface area contributed by atoms with E-state index in [2.05, 4.69) is 10.3 Å². The predicted molar refractivity (Wildman–Crippen MR) is 83.4 cm³/mol. The summed E-state index contributed by atoms with van der Waals surface area (Å²) < 4.78 is 23.8. The number of hydrogen-bond donors (Lipinski definition) is 1. The van der Waals surface area contributed by atoms with Gasteiger partial charge in [0.05, 0.1) is 4.90 Å². The molecular formula is C15H15ClN2O2S. The van der Waals surface area contributed by atoms with Crippen molar-refractivity contribution >= 4 is 21.4 Å². The molecule has 2 aromatic rings. The van der Waals surface area contributed by atoms with Gasteiger partial charge in [-0.3, -0.25) is 0 Å². The van der Waals surface area contributed by atoms with E-state index < -0.39 is 9.84 Å². The lowest BCUT2D eigenvalue weighted by Gasteiger charge is -2.27. The average Bonchev–Trinajstić information content (AvgIpc) is 2.37. The van der Waals surface area contributed by atoms with Gasteiger partial charge in [-0.1, -0.05) is 35.9 Å². The minimum Gasteiger partial charge on any atom is -0.315 e. The zero-order valence-corrected chi connectivity index (χ0v) is 13.1. The number of nitrogens with one attached hydrogen (secondary N) is 1. The summed E-state index contributed by atoms with van der Waals surface area (Å²) in [6.07, 6.45) is 2.69. The monoisotopic (exact) mass is 322 g/mol. The van der Waals surface area contributed by atoms with Crippen LogP contribution in [0, 0.1) is 0 Å². The zero-order chi connectivity index (χ0) is 15.0. The largest absolute Gasteiger partial charge is 0.315 e. The number of nitrogens with zero attached hydrogens (tertiary/aromatic N) is 1. The molecule has 1 fully saturated rings. The van der Waals surface area contributed by atoms with Gasteiger partial charge in [0.15, 0.2) is 9.84 Å². The van der Waals surface area contributed by atoms with Crippen molar-refractivity contribution in [2.75, 3.05) is 19.3 Å². The molecule has 0 unspecified atom stereocenters. The molecule has 0 bridgehead atoms. The summed E-state index contributed by atoms with van der Waals surface area (Å²) in [7, 11) is -3.36. The Labute approximate surface area is 129 Å². The standard InChI is InChI=1S/C15H15ClN2O2S/c1-21(19,20)14-6-15(16)18-9-13(14)11-4-2-10(3-5-11)12-7-17-8-12/h2-6,9,12,17H,7-8H2,1H3. The first-order valence-electron chi connectivity index (χ1n) is 6.62. The molecular weight excluding hydrogens is 308 g/mol. The van der Waals surface area contributed by atoms with Gasteiger partial charge in [-0.25, -0.2) is 13.4 Å². The van der Waals surface area contributed by atoms with E-state index in [0.717, 1.165) is 18.7 Å². The lowest BCUT2D eigenvalue weighted by atomic mass is 9.92. The molecule has 4 nitrogen and oxygen atoms in total. The van der Waals surface area contributed by atoms with E-state index in [4.69, 9.17) is 11.6 Å². The van der Waals surface area contributed by atoms with Gasteiger partial charge in [0.25, 0.3) is 0 Å². The van der Waals surface area contributed by atoms with E-state index in [1.807, 2.05) is 24.3 Å². The van der Waals surface area contributed by atoms with Gasteiger partial charge >= 0.3 is 0 Å². The quantitative estimate of drug-likeness (QED) is 0.882. The lowest BCUT2D eigenvalue weighted by Crippen LogP contribution is -2.39. The molecule has 1 aliphatic heterocycles. The minimum absolute atomic E-state index is 0.177. The fraction of sp³-hybridized carbons (Fsp3) is 0.267. The van der Waals surface area contributed by atoms with Crippen LogP contribution in [0.4, 0.5) is 0 Å². The molecule has 1 aromatic carbocycles. The van der Waals surface area contributed by atoms with Crippen molar-refractivity contribution in [2.24, 2.45) is 0 Å². The van der Waals surface area contributed by atoms with Crippen LogP contribution in [0.1, 0.15) is 11.5 Å². The SMILES string of the molecule is CS(=O)(=O)c1cc(Cl)ncc1-c1ccc(C2CNC2)cc1. The fourth-order valence-corrected chi connectivity index (χ4v) is 3.51. The van der Waals surface area contributed by atoms with Crippen molar-refractivity contribution in [1.29, 1.82) is 0 Å². The number of sulfone groups is 1. The number of pyridine rings is 1. The Hall–Kier alpha value is -1.43. The Kier molecular flexibility index (Phi) is 3.73. The third-order valence-corrected chi connectivity index (χ3v) is 5.05. The van der Waals surface area contributed by atoms with Crippen LogP contribution in [0.2, 0.25) is 5.15 Å². The van der Waals surface area contributed by atoms with Gasteiger partial charge in [-0.2, -0.15) is 0 Å². The van der Waals surface area contributed by atoms with E-state index in [1.54, 1.807) is 0 Å². The van der Waals surface area contributed by atoms with Crippen molar-refractivity contribution in [2.45, 2.75) is 10.8 Å². The number of benzene rings is 1. The first kappa shape index (κ1) is 14.5. The molecule has 0 spiro atoms. The first-order valence-corrected chi connectivity index (χ1v) is 8.89. The van der Waals surface area contributed by atoms with Crippen LogP contribution in [-0.4, -0.2) is 32.7 Å². The molecule has 6 heteroatoms. The van der Waals surface area contributed by atoms with Crippen molar-refractivity contribution in [3.63, 3.8) is 0 Å². The Morgan fingerprint density at radius 1 is 1.24 bits per heavy atom. The highest BCUT2D eigenvalue weighted by molar-refractivity contribution is 7.90. The number of hydrogen-bond acceptors (Lipinski definition) is 4. The molecule has 21 heavy (non-hydrogen) atoms. The Bertz CT molecular complexity index is 769. The first-order chi connectivity index (χ1) is 9.95. The van der Waals surface area contributed by atoms with Crippen molar-refractivity contribution in [1.82, 2.24) is 10.3 Å². The molecule has 0 aliphatic carbocycles. The van der Waals surface area contributed by atoms with Crippen LogP contribution in [0.3, 0.4) is 0 Å². The molecule has 2 heterocycles. The second kappa shape index (κ2) is 5.40. The Morgan fingerprint density at radius 3 is 2.43 bits per heavy atom. The van der Waals surface area contributed by atoms with Gasteiger partial charge in [-0.15, -0.1) is 0 Å². The van der Waals surface area contributed by atoms with E-state index in [1.165, 1.54) is 24.1 Å². The molecule has 0 amide bonds. The summed E-state index contributed by atoms with van der Waals surface area (Å²) in [5.41, 5.74) is 2.68. The molecule has 3 rings (SSSR count). The summed E-state index contributed by atoms with van der Waals surface area (Å²) in [5, 5.41) is 3.41. The molecule has 1 aromatic heterocycles. The van der Waals surface area contributed by atoms with Crippen molar-refractivity contribution in [3.8, 4) is 11.1 Å². The van der Waals surface area contributed by atoms with Gasteiger partial charge in [0, 0.05) is 37.0 Å². The van der Waals surface area contributed by atoms with Crippen molar-refractivity contribution < 1.29 is 8.42 Å². The molecule has 1 aliphatic rings. The summed E-state index contributed by atoms with van der Waals surface area (Å²) in [6, 6.07) is 9.36. The van der Waals surface area contributed by atoms with Crippen molar-refractivity contribution in [3.05, 3.63) is 47.2 Å². The fourth-order valence-electron chi connectivity index (χ4n) is 2.40. The summed E-state index contributed by atoms with van der Waals surface area (Å²) in [4.78, 5) is 4.21. The molecule has 0 radical (unpaired) electrons. The van der Waals surface area contributed by atoms with Crippen LogP contribution in [0.5, 0.6) is 0 Å². The predicted octanol–water partition coefficient (Wildman–Crippen LogP) is 2.49. The summed E-state index contributed by atoms with van der Waals surface area (Å²) in [5.74, 6) is 0.553. The number of halogens is 1. The zero-order valence-electron chi connectivity index (χ0n) is 11.5. The smallest absolute Gasteiger partial charge is 0.176 e. The van der Waals surface area contributed by atoms with E-state index in [0.29, 0.717) is 11.5 Å². The maximum absolute atomic E-state index is 11.9. The minimum atomic E-state index is -3.36. The summed E-state index contributed by atoms with van der Waals surface area (Å²) >= 11 is 5.82. The van der Waals surface area contributed by atoms with Crippen LogP contribution in [-0.2, 0) is 9.84 Å². The molecule has 0 saturated carbocycles. The normalized spacial score (nSPS) is 15.7. The third-order valence-electron chi connectivity index (χ3n) is 3.71. The topological polar surface area (TPSA) is 59.1 Å². The molecule has 110 valence electrons. The highest BCUT2D eigenvalue weighted by Crippen LogP contribution is 2.30. The highest BCUT2D eigenvalue weighted by Gasteiger charge is 2.20. The van der Waals surface area contributed by atoms with Gasteiger partial charge < -0.3 is 5.32 Å². The van der Waals surface area contributed by atoms with Crippen LogP contribution in [0.25, 0.3) is 11.1 Å². The van der Waals surface area contributed by atoms with E-state index in [9.17, 15) is 8.42 Å². The van der Waals surface area contributed by atoms with Gasteiger partial charge in [0.2, 0.25) is 0 Å².